The molecule has 1 aromatic carbocycles. The molecule has 0 aliphatic carbocycles. The number of nitrogens with zero attached hydrogens (tertiary/aromatic N) is 3. The Kier molecular flexibility index (Phi) is 5.33. The van der Waals surface area contributed by atoms with Crippen LogP contribution in [0.2, 0.25) is 0 Å². The standard InChI is InChI=1S/C17H11N3O4S4/c21-17(22)16-12(8-14(27-16)10-4-2-1-3-5-10)20(28(23)24)15-7-6-13(26-15)11-9-25-19-18-11/h1-9H,(H,21,22)(H,23,24)/p-1. The van der Waals surface area contributed by atoms with E-state index in [0.29, 0.717) is 15.6 Å². The van der Waals surface area contributed by atoms with E-state index in [4.69, 9.17) is 0 Å². The number of carbonyl (C=O) groups is 1. The monoisotopic (exact) mass is 448 g/mol. The minimum absolute atomic E-state index is 0.0478. The second-order valence-corrected chi connectivity index (χ2v) is 8.96. The molecule has 0 saturated carbocycles. The van der Waals surface area contributed by atoms with E-state index in [2.05, 4.69) is 9.59 Å². The van der Waals surface area contributed by atoms with Crippen LogP contribution in [0.4, 0.5) is 10.7 Å². The molecule has 0 amide bonds. The lowest BCUT2D eigenvalue weighted by Crippen LogP contribution is -2.19. The van der Waals surface area contributed by atoms with Crippen molar-refractivity contribution in [3.05, 3.63) is 58.8 Å². The molecule has 0 saturated heterocycles. The summed E-state index contributed by atoms with van der Waals surface area (Å²) in [5.74, 6) is -1.18. The minimum Gasteiger partial charge on any atom is -0.755 e. The summed E-state index contributed by atoms with van der Waals surface area (Å²) in [6, 6.07) is 14.2. The summed E-state index contributed by atoms with van der Waals surface area (Å²) >= 11 is 0.722. The van der Waals surface area contributed by atoms with Crippen molar-refractivity contribution in [1.29, 1.82) is 0 Å². The maximum absolute atomic E-state index is 12.0. The fraction of sp³-hybridized carbons (Fsp3) is 0. The number of hydrogen-bond acceptors (Lipinski definition) is 8. The third-order valence-electron chi connectivity index (χ3n) is 3.74. The Bertz CT molecular complexity index is 1140. The highest BCUT2D eigenvalue weighted by atomic mass is 32.2. The van der Waals surface area contributed by atoms with Crippen LogP contribution in [-0.4, -0.2) is 29.4 Å². The average molecular weight is 449 g/mol. The summed E-state index contributed by atoms with van der Waals surface area (Å²) < 4.78 is 28.9. The number of aromatic carboxylic acids is 1. The number of rotatable bonds is 6. The van der Waals surface area contributed by atoms with E-state index in [1.165, 1.54) is 22.9 Å². The molecule has 142 valence electrons. The molecule has 1 atom stereocenters. The molecule has 1 unspecified atom stereocenters. The van der Waals surface area contributed by atoms with Crippen LogP contribution in [0, 0.1) is 0 Å². The summed E-state index contributed by atoms with van der Waals surface area (Å²) in [5, 5.41) is 15.7. The first kappa shape index (κ1) is 18.9. The van der Waals surface area contributed by atoms with Gasteiger partial charge in [-0.15, -0.1) is 27.8 Å². The molecule has 3 aromatic heterocycles. The Morgan fingerprint density at radius 2 is 1.89 bits per heavy atom. The lowest BCUT2D eigenvalue weighted by Gasteiger charge is -2.24. The van der Waals surface area contributed by atoms with Crippen molar-refractivity contribution >= 4 is 62.1 Å². The third-order valence-corrected chi connectivity index (χ3v) is 7.30. The number of carboxylic acids is 1. The number of benzene rings is 1. The molecule has 0 radical (unpaired) electrons. The molecule has 3 heterocycles. The molecular weight excluding hydrogens is 438 g/mol. The molecule has 28 heavy (non-hydrogen) atoms. The van der Waals surface area contributed by atoms with E-state index in [9.17, 15) is 18.7 Å². The SMILES string of the molecule is O=C(O)c1sc(-c2ccccc2)cc1N(c1ccc(-c2csnn2)s1)S(=O)[O-]. The van der Waals surface area contributed by atoms with Gasteiger partial charge in [0.2, 0.25) is 0 Å². The smallest absolute Gasteiger partial charge is 0.348 e. The van der Waals surface area contributed by atoms with Crippen molar-refractivity contribution in [2.24, 2.45) is 0 Å². The molecule has 0 spiro atoms. The fourth-order valence-corrected chi connectivity index (χ4v) is 5.81. The number of anilines is 2. The van der Waals surface area contributed by atoms with Gasteiger partial charge in [0, 0.05) is 10.3 Å². The van der Waals surface area contributed by atoms with Crippen LogP contribution in [-0.2, 0) is 11.3 Å². The lowest BCUT2D eigenvalue weighted by atomic mass is 10.2. The van der Waals surface area contributed by atoms with Crippen LogP contribution >= 0.6 is 34.2 Å². The van der Waals surface area contributed by atoms with Crippen molar-refractivity contribution in [3.63, 3.8) is 0 Å². The summed E-state index contributed by atoms with van der Waals surface area (Å²) in [7, 11) is 0. The summed E-state index contributed by atoms with van der Waals surface area (Å²) in [6.07, 6.45) is 0. The van der Waals surface area contributed by atoms with Gasteiger partial charge in [0.05, 0.1) is 21.8 Å². The van der Waals surface area contributed by atoms with Crippen LogP contribution in [0.1, 0.15) is 9.67 Å². The predicted octanol–water partition coefficient (Wildman–Crippen LogP) is 4.63. The van der Waals surface area contributed by atoms with E-state index in [-0.39, 0.29) is 10.6 Å². The Labute approximate surface area is 174 Å². The Hall–Kier alpha value is -2.44. The molecule has 4 rings (SSSR count). The first-order valence-electron chi connectivity index (χ1n) is 7.74. The van der Waals surface area contributed by atoms with Gasteiger partial charge in [-0.3, -0.25) is 8.51 Å². The molecule has 11 heteroatoms. The molecule has 7 nitrogen and oxygen atoms in total. The van der Waals surface area contributed by atoms with Gasteiger partial charge in [0.25, 0.3) is 0 Å². The van der Waals surface area contributed by atoms with E-state index in [0.717, 1.165) is 26.1 Å². The topological polar surface area (TPSA) is 106 Å². The highest BCUT2D eigenvalue weighted by Gasteiger charge is 2.24. The zero-order valence-electron chi connectivity index (χ0n) is 13.8. The van der Waals surface area contributed by atoms with Crippen molar-refractivity contribution in [1.82, 2.24) is 9.59 Å². The minimum atomic E-state index is -2.70. The largest absolute Gasteiger partial charge is 0.755 e. The molecule has 0 bridgehead atoms. The number of hydrogen-bond donors (Lipinski definition) is 1. The van der Waals surface area contributed by atoms with Crippen molar-refractivity contribution in [2.75, 3.05) is 4.31 Å². The van der Waals surface area contributed by atoms with Gasteiger partial charge in [0.15, 0.2) is 0 Å². The third kappa shape index (κ3) is 3.62. The normalized spacial score (nSPS) is 12.0. The molecular formula is C17H10N3O4S4-. The van der Waals surface area contributed by atoms with Crippen molar-refractivity contribution in [2.45, 2.75) is 0 Å². The summed E-state index contributed by atoms with van der Waals surface area (Å²) in [4.78, 5) is 13.2. The molecule has 0 aliphatic heterocycles. The number of thiophene rings is 2. The van der Waals surface area contributed by atoms with Crippen molar-refractivity contribution in [3.8, 4) is 21.0 Å². The van der Waals surface area contributed by atoms with Crippen LogP contribution in [0.3, 0.4) is 0 Å². The average Bonchev–Trinajstić information content (AvgIpc) is 3.43. The van der Waals surface area contributed by atoms with Crippen LogP contribution in [0.25, 0.3) is 21.0 Å². The van der Waals surface area contributed by atoms with Crippen molar-refractivity contribution < 1.29 is 18.7 Å². The molecule has 0 fully saturated rings. The molecule has 4 aromatic rings. The highest BCUT2D eigenvalue weighted by Crippen LogP contribution is 2.43. The van der Waals surface area contributed by atoms with E-state index in [1.807, 2.05) is 30.3 Å². The van der Waals surface area contributed by atoms with E-state index >= 15 is 0 Å². The summed E-state index contributed by atoms with van der Waals surface area (Å²) in [6.45, 7) is 0. The Morgan fingerprint density at radius 3 is 2.54 bits per heavy atom. The van der Waals surface area contributed by atoms with E-state index in [1.54, 1.807) is 23.6 Å². The zero-order chi connectivity index (χ0) is 19.7. The van der Waals surface area contributed by atoms with Crippen LogP contribution in [0.15, 0.2) is 53.9 Å². The van der Waals surface area contributed by atoms with Gasteiger partial charge in [-0.1, -0.05) is 34.8 Å². The first-order chi connectivity index (χ1) is 13.5. The maximum Gasteiger partial charge on any atom is 0.348 e. The maximum atomic E-state index is 12.0. The summed E-state index contributed by atoms with van der Waals surface area (Å²) in [5.41, 5.74) is 1.57. The molecule has 1 N–H and O–H groups in total. The van der Waals surface area contributed by atoms with Gasteiger partial charge < -0.3 is 9.66 Å². The number of aromatic nitrogens is 2. The first-order valence-corrected chi connectivity index (χ1v) is 11.2. The van der Waals surface area contributed by atoms with Gasteiger partial charge in [-0.2, -0.15) is 0 Å². The Morgan fingerprint density at radius 1 is 1.11 bits per heavy atom. The quantitative estimate of drug-likeness (QED) is 0.431. The second kappa shape index (κ2) is 7.89. The highest BCUT2D eigenvalue weighted by molar-refractivity contribution is 7.81. The fourth-order valence-electron chi connectivity index (χ4n) is 2.55. The zero-order valence-corrected chi connectivity index (χ0v) is 17.1. The predicted molar refractivity (Wildman–Crippen MR) is 111 cm³/mol. The lowest BCUT2D eigenvalue weighted by molar-refractivity contribution is 0.0703. The van der Waals surface area contributed by atoms with Gasteiger partial charge in [-0.05, 0) is 35.3 Å². The van der Waals surface area contributed by atoms with Gasteiger partial charge >= 0.3 is 5.97 Å². The van der Waals surface area contributed by atoms with Gasteiger partial charge in [-0.25, -0.2) is 4.79 Å². The number of carboxylic acid groups (broad SMARTS) is 1. The van der Waals surface area contributed by atoms with Gasteiger partial charge in [0.1, 0.15) is 15.6 Å². The van der Waals surface area contributed by atoms with Crippen LogP contribution < -0.4 is 4.31 Å². The van der Waals surface area contributed by atoms with E-state index < -0.39 is 17.2 Å². The van der Waals surface area contributed by atoms with Crippen LogP contribution in [0.5, 0.6) is 0 Å². The Balaban J connectivity index is 1.81. The second-order valence-electron chi connectivity index (χ2n) is 5.44. The molecule has 0 aliphatic rings.